The maximum Gasteiger partial charge on any atom is 0.269 e. The first-order chi connectivity index (χ1) is 17.0. The molecule has 1 heterocycles. The summed E-state index contributed by atoms with van der Waals surface area (Å²) in [5.74, 6) is 1.76. The number of amidine groups is 1. The highest BCUT2D eigenvalue weighted by atomic mass is 16.5. The van der Waals surface area contributed by atoms with Crippen LogP contribution in [0.5, 0.6) is 11.5 Å². The van der Waals surface area contributed by atoms with E-state index in [4.69, 9.17) is 15.5 Å². The predicted molar refractivity (Wildman–Crippen MR) is 138 cm³/mol. The van der Waals surface area contributed by atoms with Gasteiger partial charge in [-0.05, 0) is 50.2 Å². The minimum Gasteiger partial charge on any atom is -0.456 e. The Bertz CT molecular complexity index is 1500. The van der Waals surface area contributed by atoms with E-state index >= 15 is 0 Å². The second kappa shape index (κ2) is 10.5. The number of nitrogens with two attached hydrogens (primary N) is 1. The lowest BCUT2D eigenvalue weighted by Gasteiger charge is -2.17. The quantitative estimate of drug-likeness (QED) is 0.237. The Morgan fingerprint density at radius 1 is 1.11 bits per heavy atom. The summed E-state index contributed by atoms with van der Waals surface area (Å²) in [6, 6.07) is 25.7. The molecule has 0 radical (unpaired) electrons. The Labute approximate surface area is 203 Å². The van der Waals surface area contributed by atoms with E-state index in [1.165, 1.54) is 0 Å². The van der Waals surface area contributed by atoms with Crippen molar-refractivity contribution in [3.63, 3.8) is 0 Å². The smallest absolute Gasteiger partial charge is 0.269 e. The van der Waals surface area contributed by atoms with Crippen molar-refractivity contribution in [2.45, 2.75) is 26.3 Å². The first-order valence-electron chi connectivity index (χ1n) is 11.2. The molecule has 2 N–H and O–H groups in total. The number of nitriles is 1. The molecule has 0 amide bonds. The second-order valence-electron chi connectivity index (χ2n) is 7.95. The fourth-order valence-electron chi connectivity index (χ4n) is 3.81. The molecule has 7 heteroatoms. The third kappa shape index (κ3) is 5.12. The van der Waals surface area contributed by atoms with Crippen LogP contribution in [-0.2, 0) is 6.42 Å². The number of aromatic nitrogens is 2. The zero-order valence-corrected chi connectivity index (χ0v) is 19.6. The van der Waals surface area contributed by atoms with Crippen molar-refractivity contribution in [3.8, 4) is 23.3 Å². The molecule has 1 atom stereocenters. The van der Waals surface area contributed by atoms with E-state index in [0.717, 1.165) is 0 Å². The Hall–Kier alpha value is -4.70. The minimum absolute atomic E-state index is 0.162. The molecule has 7 nitrogen and oxygen atoms in total. The first kappa shape index (κ1) is 23.5. The van der Waals surface area contributed by atoms with Crippen molar-refractivity contribution in [2.75, 3.05) is 0 Å². The molecule has 4 aromatic rings. The van der Waals surface area contributed by atoms with Gasteiger partial charge in [0.1, 0.15) is 34.6 Å². The number of benzene rings is 3. The van der Waals surface area contributed by atoms with Crippen LogP contribution in [0.2, 0.25) is 0 Å². The number of fused-ring (bicyclic) bond motifs is 1. The maximum absolute atomic E-state index is 13.9. The zero-order chi connectivity index (χ0) is 24.8. The van der Waals surface area contributed by atoms with E-state index in [9.17, 15) is 10.1 Å². The molecule has 0 spiro atoms. The standard InChI is InChI=1S/C28H25N5O2/c1-3-20(18-29)27(30)31-19(2)17-25-32-23-15-10-16-24(35-22-13-8-5-9-14-22)26(23)28(34)33(25)21-11-6-4-7-12-21/h3-16,19H,17H2,1-2H3,(H2,30,31)/b20-3-/t19-/m1/s1. The van der Waals surface area contributed by atoms with Crippen molar-refractivity contribution >= 4 is 16.7 Å². The van der Waals surface area contributed by atoms with Crippen LogP contribution in [0.1, 0.15) is 19.7 Å². The molecule has 35 heavy (non-hydrogen) atoms. The monoisotopic (exact) mass is 463 g/mol. The highest BCUT2D eigenvalue weighted by Gasteiger charge is 2.18. The fraction of sp³-hybridized carbons (Fsp3) is 0.143. The van der Waals surface area contributed by atoms with E-state index in [2.05, 4.69) is 4.99 Å². The van der Waals surface area contributed by atoms with Gasteiger partial charge in [0, 0.05) is 6.42 Å². The summed E-state index contributed by atoms with van der Waals surface area (Å²) in [5.41, 5.74) is 7.30. The Morgan fingerprint density at radius 2 is 1.80 bits per heavy atom. The molecular formula is C28H25N5O2. The summed E-state index contributed by atoms with van der Waals surface area (Å²) in [7, 11) is 0. The van der Waals surface area contributed by atoms with Crippen molar-refractivity contribution in [1.29, 1.82) is 5.26 Å². The predicted octanol–water partition coefficient (Wildman–Crippen LogP) is 4.94. The molecule has 4 rings (SSSR count). The maximum atomic E-state index is 13.9. The third-order valence-corrected chi connectivity index (χ3v) is 5.44. The topological polar surface area (TPSA) is 106 Å². The number of nitrogens with zero attached hydrogens (tertiary/aromatic N) is 4. The molecule has 0 bridgehead atoms. The van der Waals surface area contributed by atoms with Crippen molar-refractivity contribution in [3.05, 3.63) is 107 Å². The molecule has 1 aromatic heterocycles. The molecule has 0 unspecified atom stereocenters. The molecule has 0 aliphatic carbocycles. The Kier molecular flexibility index (Phi) is 7.03. The van der Waals surface area contributed by atoms with Gasteiger partial charge in [0.25, 0.3) is 5.56 Å². The number of rotatable bonds is 7. The van der Waals surface area contributed by atoms with Crippen molar-refractivity contribution in [2.24, 2.45) is 10.7 Å². The van der Waals surface area contributed by atoms with Crippen LogP contribution in [0.3, 0.4) is 0 Å². The lowest BCUT2D eigenvalue weighted by molar-refractivity contribution is 0.487. The minimum atomic E-state index is -0.318. The Morgan fingerprint density at radius 3 is 2.46 bits per heavy atom. The van der Waals surface area contributed by atoms with Gasteiger partial charge < -0.3 is 10.5 Å². The highest BCUT2D eigenvalue weighted by molar-refractivity contribution is 6.00. The lowest BCUT2D eigenvalue weighted by Crippen LogP contribution is -2.27. The summed E-state index contributed by atoms with van der Waals surface area (Å²) in [5, 5.41) is 9.62. The van der Waals surface area contributed by atoms with Gasteiger partial charge in [0.05, 0.1) is 22.8 Å². The summed E-state index contributed by atoms with van der Waals surface area (Å²) in [4.78, 5) is 23.2. The van der Waals surface area contributed by atoms with E-state index in [1.807, 2.05) is 79.7 Å². The lowest BCUT2D eigenvalue weighted by atomic mass is 10.1. The van der Waals surface area contributed by atoms with Gasteiger partial charge in [-0.25, -0.2) is 4.98 Å². The molecule has 0 aliphatic heterocycles. The number of hydrogen-bond acceptors (Lipinski definition) is 5. The van der Waals surface area contributed by atoms with Crippen LogP contribution in [0.15, 0.2) is 100 Å². The summed E-state index contributed by atoms with van der Waals surface area (Å²) >= 11 is 0. The number of ether oxygens (including phenoxy) is 1. The summed E-state index contributed by atoms with van der Waals surface area (Å²) in [6.07, 6.45) is 1.96. The van der Waals surface area contributed by atoms with E-state index < -0.39 is 0 Å². The number of para-hydroxylation sites is 2. The number of allylic oxidation sites excluding steroid dienone is 1. The molecule has 0 saturated heterocycles. The average Bonchev–Trinajstić information content (AvgIpc) is 2.86. The number of aliphatic imine (C=N–C) groups is 1. The second-order valence-corrected chi connectivity index (χ2v) is 7.95. The van der Waals surface area contributed by atoms with Gasteiger partial charge in [-0.15, -0.1) is 0 Å². The van der Waals surface area contributed by atoms with Crippen LogP contribution in [0.25, 0.3) is 16.6 Å². The molecule has 0 aliphatic rings. The van der Waals surface area contributed by atoms with Gasteiger partial charge >= 0.3 is 0 Å². The summed E-state index contributed by atoms with van der Waals surface area (Å²) in [6.45, 7) is 3.61. The third-order valence-electron chi connectivity index (χ3n) is 5.44. The number of hydrogen-bond donors (Lipinski definition) is 1. The molecule has 0 fully saturated rings. The van der Waals surface area contributed by atoms with Crippen LogP contribution in [0, 0.1) is 11.3 Å². The normalized spacial score (nSPS) is 12.8. The van der Waals surface area contributed by atoms with E-state index in [1.54, 1.807) is 29.7 Å². The summed E-state index contributed by atoms with van der Waals surface area (Å²) < 4.78 is 7.65. The largest absolute Gasteiger partial charge is 0.456 e. The SMILES string of the molecule is C/C=C(/C#N)C(N)=N[C@H](C)Cc1nc2cccc(Oc3ccccc3)c2c(=O)n1-c1ccccc1. The molecule has 3 aromatic carbocycles. The van der Waals surface area contributed by atoms with Crippen LogP contribution < -0.4 is 16.0 Å². The molecule has 174 valence electrons. The van der Waals surface area contributed by atoms with Gasteiger partial charge in [-0.2, -0.15) is 5.26 Å². The molecule has 0 saturated carbocycles. The van der Waals surface area contributed by atoms with Crippen LogP contribution >= 0.6 is 0 Å². The van der Waals surface area contributed by atoms with Crippen molar-refractivity contribution < 1.29 is 4.74 Å². The zero-order valence-electron chi connectivity index (χ0n) is 19.6. The molecular weight excluding hydrogens is 438 g/mol. The van der Waals surface area contributed by atoms with Gasteiger partial charge in [-0.3, -0.25) is 14.4 Å². The highest BCUT2D eigenvalue weighted by Crippen LogP contribution is 2.28. The Balaban J connectivity index is 1.86. The first-order valence-corrected chi connectivity index (χ1v) is 11.2. The van der Waals surface area contributed by atoms with Crippen LogP contribution in [-0.4, -0.2) is 21.4 Å². The van der Waals surface area contributed by atoms with E-state index in [0.29, 0.717) is 45.9 Å². The van der Waals surface area contributed by atoms with Gasteiger partial charge in [0.2, 0.25) is 0 Å². The van der Waals surface area contributed by atoms with Gasteiger partial charge in [-0.1, -0.05) is 48.5 Å². The van der Waals surface area contributed by atoms with Crippen molar-refractivity contribution in [1.82, 2.24) is 9.55 Å². The van der Waals surface area contributed by atoms with E-state index in [-0.39, 0.29) is 17.4 Å². The fourth-order valence-corrected chi connectivity index (χ4v) is 3.81. The van der Waals surface area contributed by atoms with Gasteiger partial charge in [0.15, 0.2) is 0 Å². The van der Waals surface area contributed by atoms with Crippen LogP contribution in [0.4, 0.5) is 0 Å². The average molecular weight is 464 g/mol.